The Hall–Kier alpha value is -9.18. The van der Waals surface area contributed by atoms with Crippen molar-refractivity contribution < 1.29 is 0 Å². The van der Waals surface area contributed by atoms with Gasteiger partial charge < -0.3 is 14.0 Å². The number of rotatable bonds is 9. The average Bonchev–Trinajstić information content (AvgIpc) is 3.94. The fraction of sp³-hybridized carbons (Fsp3) is 0. The summed E-state index contributed by atoms with van der Waals surface area (Å²) in [6, 6.07) is 99.3. The standard InChI is InChI=1S/C66H45N3/c1-4-21-46(22-5-1)52-27-10-11-32-58(52)66-54(47-23-6-2-7-24-47)33-20-38-65(66)67(51-43-44-64-59(45-51)57-31-15-17-35-61(57)68(64)49-25-8-3-9-26-49)50-41-39-48(40-42-50)53-28-12-16-34-60(53)69-62-36-18-13-29-55(62)56-30-14-19-37-63(56)69/h1-45H. The van der Waals surface area contributed by atoms with Gasteiger partial charge in [-0.15, -0.1) is 0 Å². The van der Waals surface area contributed by atoms with Gasteiger partial charge >= 0.3 is 0 Å². The van der Waals surface area contributed by atoms with Crippen LogP contribution >= 0.6 is 0 Å². The summed E-state index contributed by atoms with van der Waals surface area (Å²) in [6.45, 7) is 0. The van der Waals surface area contributed by atoms with Gasteiger partial charge in [0.25, 0.3) is 0 Å². The fourth-order valence-electron chi connectivity index (χ4n) is 10.7. The summed E-state index contributed by atoms with van der Waals surface area (Å²) in [5, 5.41) is 4.90. The molecule has 0 saturated carbocycles. The summed E-state index contributed by atoms with van der Waals surface area (Å²) in [6.07, 6.45) is 0. The summed E-state index contributed by atoms with van der Waals surface area (Å²) in [4.78, 5) is 2.47. The van der Waals surface area contributed by atoms with Gasteiger partial charge in [-0.1, -0.05) is 200 Å². The molecule has 0 spiro atoms. The second kappa shape index (κ2) is 16.9. The van der Waals surface area contributed by atoms with E-state index in [0.29, 0.717) is 0 Å². The minimum Gasteiger partial charge on any atom is -0.310 e. The number of aromatic nitrogens is 2. The topological polar surface area (TPSA) is 13.1 Å². The van der Waals surface area contributed by atoms with E-state index in [9.17, 15) is 0 Å². The Bertz CT molecular complexity index is 3940. The molecule has 0 N–H and O–H groups in total. The molecule has 13 rings (SSSR count). The van der Waals surface area contributed by atoms with Crippen LogP contribution in [-0.4, -0.2) is 9.13 Å². The van der Waals surface area contributed by atoms with Crippen LogP contribution in [0.25, 0.3) is 99.5 Å². The molecule has 0 bridgehead atoms. The van der Waals surface area contributed by atoms with E-state index in [2.05, 4.69) is 287 Å². The normalized spacial score (nSPS) is 11.5. The highest BCUT2D eigenvalue weighted by Crippen LogP contribution is 2.49. The number of para-hydroxylation sites is 5. The molecule has 0 aliphatic carbocycles. The first kappa shape index (κ1) is 40.1. The van der Waals surface area contributed by atoms with E-state index < -0.39 is 0 Å². The molecule has 0 amide bonds. The fourth-order valence-corrected chi connectivity index (χ4v) is 10.7. The van der Waals surface area contributed by atoms with Gasteiger partial charge in [0, 0.05) is 49.7 Å². The van der Waals surface area contributed by atoms with Gasteiger partial charge in [0.15, 0.2) is 0 Å². The van der Waals surface area contributed by atoms with Crippen molar-refractivity contribution in [3.63, 3.8) is 0 Å². The van der Waals surface area contributed by atoms with Gasteiger partial charge in [0.2, 0.25) is 0 Å². The SMILES string of the molecule is c1ccc(-c2ccccc2-c2c(-c3ccccc3)cccc2N(c2ccc(-c3ccccc3-n3c4ccccc4c4ccccc43)cc2)c2ccc3c(c2)c2ccccc2n3-c2ccccc2)cc1. The van der Waals surface area contributed by atoms with Gasteiger partial charge in [-0.3, -0.25) is 0 Å². The summed E-state index contributed by atoms with van der Waals surface area (Å²) in [5.41, 5.74) is 19.6. The van der Waals surface area contributed by atoms with E-state index in [1.54, 1.807) is 0 Å². The highest BCUT2D eigenvalue weighted by atomic mass is 15.1. The Balaban J connectivity index is 1.05. The second-order valence-electron chi connectivity index (χ2n) is 17.6. The molecule has 0 aliphatic heterocycles. The van der Waals surface area contributed by atoms with E-state index >= 15 is 0 Å². The molecule has 2 aromatic heterocycles. The van der Waals surface area contributed by atoms with Crippen molar-refractivity contribution in [3.05, 3.63) is 273 Å². The highest BCUT2D eigenvalue weighted by molar-refractivity contribution is 6.12. The number of hydrogen-bond acceptors (Lipinski definition) is 1. The molecule has 0 radical (unpaired) electrons. The lowest BCUT2D eigenvalue weighted by molar-refractivity contribution is 1.18. The highest BCUT2D eigenvalue weighted by Gasteiger charge is 2.24. The van der Waals surface area contributed by atoms with Crippen LogP contribution in [0.4, 0.5) is 17.1 Å². The minimum atomic E-state index is 1.06. The van der Waals surface area contributed by atoms with Crippen LogP contribution in [0.3, 0.4) is 0 Å². The molecule has 3 heteroatoms. The van der Waals surface area contributed by atoms with E-state index in [4.69, 9.17) is 0 Å². The number of anilines is 3. The maximum atomic E-state index is 2.47. The summed E-state index contributed by atoms with van der Waals surface area (Å²) in [7, 11) is 0. The number of nitrogens with zero attached hydrogens (tertiary/aromatic N) is 3. The summed E-state index contributed by atoms with van der Waals surface area (Å²) >= 11 is 0. The van der Waals surface area contributed by atoms with E-state index in [1.165, 1.54) is 65.9 Å². The van der Waals surface area contributed by atoms with Gasteiger partial charge in [-0.2, -0.15) is 0 Å². The molecule has 13 aromatic rings. The maximum Gasteiger partial charge on any atom is 0.0546 e. The summed E-state index contributed by atoms with van der Waals surface area (Å²) < 4.78 is 4.81. The Labute approximate surface area is 401 Å². The molecule has 69 heavy (non-hydrogen) atoms. The molecule has 0 saturated heterocycles. The van der Waals surface area contributed by atoms with Crippen LogP contribution in [0.1, 0.15) is 0 Å². The third-order valence-electron chi connectivity index (χ3n) is 13.7. The molecule has 0 unspecified atom stereocenters. The van der Waals surface area contributed by atoms with Crippen LogP contribution < -0.4 is 4.90 Å². The molecule has 11 aromatic carbocycles. The first-order chi connectivity index (χ1) is 34.3. The van der Waals surface area contributed by atoms with Crippen LogP contribution in [0.5, 0.6) is 0 Å². The monoisotopic (exact) mass is 879 g/mol. The third kappa shape index (κ3) is 6.82. The Morgan fingerprint density at radius 1 is 0.261 bits per heavy atom. The lowest BCUT2D eigenvalue weighted by Gasteiger charge is -2.30. The van der Waals surface area contributed by atoms with Crippen LogP contribution in [0.15, 0.2) is 273 Å². The van der Waals surface area contributed by atoms with Gasteiger partial charge in [-0.25, -0.2) is 0 Å². The lowest BCUT2D eigenvalue weighted by atomic mass is 9.87. The largest absolute Gasteiger partial charge is 0.310 e. The van der Waals surface area contributed by atoms with Gasteiger partial charge in [0.05, 0.1) is 33.4 Å². The van der Waals surface area contributed by atoms with Crippen LogP contribution in [-0.2, 0) is 0 Å². The van der Waals surface area contributed by atoms with Gasteiger partial charge in [0.1, 0.15) is 0 Å². The molecular formula is C66H45N3. The predicted octanol–water partition coefficient (Wildman–Crippen LogP) is 18.0. The van der Waals surface area contributed by atoms with Crippen LogP contribution in [0, 0.1) is 0 Å². The van der Waals surface area contributed by atoms with Crippen molar-refractivity contribution in [1.82, 2.24) is 9.13 Å². The molecule has 0 atom stereocenters. The molecule has 0 fully saturated rings. The Kier molecular flexibility index (Phi) is 9.84. The smallest absolute Gasteiger partial charge is 0.0546 e. The molecule has 324 valence electrons. The van der Waals surface area contributed by atoms with E-state index in [1.807, 2.05) is 0 Å². The van der Waals surface area contributed by atoms with Crippen molar-refractivity contribution >= 4 is 60.7 Å². The molecule has 0 aliphatic rings. The molecular weight excluding hydrogens is 835 g/mol. The van der Waals surface area contributed by atoms with Crippen LogP contribution in [0.2, 0.25) is 0 Å². The zero-order valence-electron chi connectivity index (χ0n) is 37.8. The van der Waals surface area contributed by atoms with E-state index in [0.717, 1.165) is 50.6 Å². The lowest BCUT2D eigenvalue weighted by Crippen LogP contribution is -2.12. The first-order valence-electron chi connectivity index (χ1n) is 23.7. The quantitative estimate of drug-likeness (QED) is 0.141. The average molecular weight is 880 g/mol. The zero-order chi connectivity index (χ0) is 45.7. The predicted molar refractivity (Wildman–Crippen MR) is 292 cm³/mol. The van der Waals surface area contributed by atoms with Crippen molar-refractivity contribution in [3.8, 4) is 55.9 Å². The first-order valence-corrected chi connectivity index (χ1v) is 23.7. The zero-order valence-corrected chi connectivity index (χ0v) is 37.8. The van der Waals surface area contributed by atoms with Crippen molar-refractivity contribution in [1.29, 1.82) is 0 Å². The Morgan fingerprint density at radius 2 is 0.710 bits per heavy atom. The Morgan fingerprint density at radius 3 is 1.36 bits per heavy atom. The number of fused-ring (bicyclic) bond motifs is 6. The number of hydrogen-bond donors (Lipinski definition) is 0. The summed E-state index contributed by atoms with van der Waals surface area (Å²) in [5.74, 6) is 0. The van der Waals surface area contributed by atoms with Crippen molar-refractivity contribution in [2.45, 2.75) is 0 Å². The van der Waals surface area contributed by atoms with Gasteiger partial charge in [-0.05, 0) is 106 Å². The third-order valence-corrected chi connectivity index (χ3v) is 13.7. The van der Waals surface area contributed by atoms with Crippen molar-refractivity contribution in [2.75, 3.05) is 4.90 Å². The molecule has 2 heterocycles. The second-order valence-corrected chi connectivity index (χ2v) is 17.6. The molecule has 3 nitrogen and oxygen atoms in total. The van der Waals surface area contributed by atoms with Crippen molar-refractivity contribution in [2.24, 2.45) is 0 Å². The van der Waals surface area contributed by atoms with E-state index in [-0.39, 0.29) is 0 Å². The number of benzene rings is 11. The minimum absolute atomic E-state index is 1.06. The maximum absolute atomic E-state index is 2.47.